The van der Waals surface area contributed by atoms with Crippen molar-refractivity contribution in [2.75, 3.05) is 6.54 Å². The summed E-state index contributed by atoms with van der Waals surface area (Å²) in [5.41, 5.74) is 0.200. The molecule has 0 aliphatic carbocycles. The third kappa shape index (κ3) is 3.28. The van der Waals surface area contributed by atoms with E-state index in [0.29, 0.717) is 5.82 Å². The second kappa shape index (κ2) is 6.97. The van der Waals surface area contributed by atoms with Gasteiger partial charge < -0.3 is 10.4 Å². The van der Waals surface area contributed by atoms with Crippen LogP contribution in [0.1, 0.15) is 10.4 Å². The Morgan fingerprint density at radius 2 is 1.92 bits per heavy atom. The second-order valence-electron chi connectivity index (χ2n) is 4.76. The SMILES string of the molecule is Cl.O=C(O)CNC(=O)c1c(=O)ccn2[nH]c(-c3ccccc3)nc12. The number of nitrogens with one attached hydrogen (secondary N) is 2. The summed E-state index contributed by atoms with van der Waals surface area (Å²) in [6, 6.07) is 10.4. The van der Waals surface area contributed by atoms with Crippen LogP contribution in [0.4, 0.5) is 0 Å². The number of halogens is 1. The lowest BCUT2D eigenvalue weighted by Crippen LogP contribution is -2.33. The van der Waals surface area contributed by atoms with Crippen LogP contribution in [0.3, 0.4) is 0 Å². The molecule has 0 bridgehead atoms. The Labute approximate surface area is 141 Å². The average Bonchev–Trinajstić information content (AvgIpc) is 2.97. The van der Waals surface area contributed by atoms with Crippen molar-refractivity contribution < 1.29 is 14.7 Å². The molecule has 2 aromatic heterocycles. The van der Waals surface area contributed by atoms with Crippen molar-refractivity contribution in [1.29, 1.82) is 0 Å². The third-order valence-electron chi connectivity index (χ3n) is 3.19. The normalized spacial score (nSPS) is 10.2. The number of aromatic nitrogens is 3. The number of carboxylic acid groups (broad SMARTS) is 1. The molecular weight excluding hydrogens is 336 g/mol. The lowest BCUT2D eigenvalue weighted by atomic mass is 10.2. The molecule has 2 heterocycles. The summed E-state index contributed by atoms with van der Waals surface area (Å²) in [7, 11) is 0. The zero-order valence-electron chi connectivity index (χ0n) is 12.2. The number of aliphatic carboxylic acids is 1. The molecule has 9 heteroatoms. The maximum Gasteiger partial charge on any atom is 0.322 e. The van der Waals surface area contributed by atoms with E-state index in [1.165, 1.54) is 16.8 Å². The number of rotatable bonds is 4. The van der Waals surface area contributed by atoms with Crippen molar-refractivity contribution in [2.45, 2.75) is 0 Å². The summed E-state index contributed by atoms with van der Waals surface area (Å²) in [6.45, 7) is -0.574. The number of hydrogen-bond acceptors (Lipinski definition) is 4. The summed E-state index contributed by atoms with van der Waals surface area (Å²) < 4.78 is 1.44. The summed E-state index contributed by atoms with van der Waals surface area (Å²) in [5, 5.41) is 13.8. The molecule has 1 aromatic carbocycles. The Kier molecular flexibility index (Phi) is 5.00. The molecule has 0 saturated heterocycles. The quantitative estimate of drug-likeness (QED) is 0.648. The van der Waals surface area contributed by atoms with E-state index in [1.54, 1.807) is 0 Å². The van der Waals surface area contributed by atoms with Crippen LogP contribution >= 0.6 is 12.4 Å². The molecule has 0 atom stereocenters. The molecule has 3 rings (SSSR count). The van der Waals surface area contributed by atoms with Gasteiger partial charge in [-0.25, -0.2) is 9.50 Å². The van der Waals surface area contributed by atoms with Crippen LogP contribution in [0, 0.1) is 0 Å². The van der Waals surface area contributed by atoms with Gasteiger partial charge in [-0.1, -0.05) is 30.3 Å². The smallest absolute Gasteiger partial charge is 0.322 e. The minimum atomic E-state index is -1.20. The number of pyridine rings is 1. The minimum Gasteiger partial charge on any atom is -0.480 e. The number of amides is 1. The first-order chi connectivity index (χ1) is 11.1. The van der Waals surface area contributed by atoms with Crippen LogP contribution < -0.4 is 10.7 Å². The molecule has 1 amide bonds. The predicted octanol–water partition coefficient (Wildman–Crippen LogP) is 0.926. The van der Waals surface area contributed by atoms with Crippen LogP contribution in [0.25, 0.3) is 17.0 Å². The first kappa shape index (κ1) is 17.2. The molecule has 0 fully saturated rings. The van der Waals surface area contributed by atoms with Crippen LogP contribution in [0.2, 0.25) is 0 Å². The molecule has 0 aliphatic heterocycles. The summed E-state index contributed by atoms with van der Waals surface area (Å²) in [6.07, 6.45) is 1.46. The molecule has 24 heavy (non-hydrogen) atoms. The van der Waals surface area contributed by atoms with Crippen LogP contribution in [-0.4, -0.2) is 38.1 Å². The maximum absolute atomic E-state index is 12.1. The molecular formula is C15H13ClN4O4. The lowest BCUT2D eigenvalue weighted by molar-refractivity contribution is -0.135. The van der Waals surface area contributed by atoms with Gasteiger partial charge in [0.05, 0.1) is 0 Å². The Morgan fingerprint density at radius 3 is 2.58 bits per heavy atom. The van der Waals surface area contributed by atoms with E-state index in [2.05, 4.69) is 15.4 Å². The topological polar surface area (TPSA) is 117 Å². The molecule has 0 unspecified atom stereocenters. The molecule has 3 aromatic rings. The fourth-order valence-electron chi connectivity index (χ4n) is 2.15. The zero-order chi connectivity index (χ0) is 16.4. The number of carboxylic acids is 1. The zero-order valence-corrected chi connectivity index (χ0v) is 13.0. The number of benzene rings is 1. The number of hydrogen-bond donors (Lipinski definition) is 3. The van der Waals surface area contributed by atoms with E-state index in [0.717, 1.165) is 5.56 Å². The molecule has 0 aliphatic rings. The van der Waals surface area contributed by atoms with Crippen molar-refractivity contribution in [3.8, 4) is 11.4 Å². The van der Waals surface area contributed by atoms with Gasteiger partial charge in [-0.3, -0.25) is 19.5 Å². The van der Waals surface area contributed by atoms with E-state index in [1.807, 2.05) is 30.3 Å². The first-order valence-corrected chi connectivity index (χ1v) is 6.73. The monoisotopic (exact) mass is 348 g/mol. The highest BCUT2D eigenvalue weighted by molar-refractivity contribution is 6.00. The van der Waals surface area contributed by atoms with Crippen molar-refractivity contribution in [2.24, 2.45) is 0 Å². The Bertz CT molecular complexity index is 949. The van der Waals surface area contributed by atoms with Gasteiger partial charge in [0.2, 0.25) is 0 Å². The second-order valence-corrected chi connectivity index (χ2v) is 4.76. The van der Waals surface area contributed by atoms with Gasteiger partial charge in [-0.15, -0.1) is 12.4 Å². The first-order valence-electron chi connectivity index (χ1n) is 6.73. The standard InChI is InChI=1S/C15H12N4O4.ClH/c20-10-6-7-19-14(12(10)15(23)16-8-11(21)22)17-13(18-19)9-4-2-1-3-5-9;/h1-7H,8H2,(H,16,23)(H,17,18)(H,21,22);1H. The van der Waals surface area contributed by atoms with Gasteiger partial charge in [0.1, 0.15) is 12.1 Å². The number of aromatic amines is 1. The minimum absolute atomic E-state index is 0. The third-order valence-corrected chi connectivity index (χ3v) is 3.19. The van der Waals surface area contributed by atoms with Gasteiger partial charge in [-0.05, 0) is 0 Å². The maximum atomic E-state index is 12.1. The number of carbonyl (C=O) groups excluding carboxylic acids is 1. The molecule has 124 valence electrons. The van der Waals surface area contributed by atoms with Gasteiger partial charge in [-0.2, -0.15) is 0 Å². The summed E-state index contributed by atoms with van der Waals surface area (Å²) in [5.74, 6) is -1.48. The molecule has 0 spiro atoms. The summed E-state index contributed by atoms with van der Waals surface area (Å²) >= 11 is 0. The number of carbonyl (C=O) groups is 2. The molecule has 8 nitrogen and oxygen atoms in total. The fourth-order valence-corrected chi connectivity index (χ4v) is 2.15. The lowest BCUT2D eigenvalue weighted by Gasteiger charge is -2.02. The van der Waals surface area contributed by atoms with Crippen molar-refractivity contribution in [3.05, 3.63) is 58.4 Å². The molecule has 0 saturated carbocycles. The highest BCUT2D eigenvalue weighted by Crippen LogP contribution is 2.16. The van der Waals surface area contributed by atoms with E-state index < -0.39 is 23.9 Å². The van der Waals surface area contributed by atoms with E-state index in [-0.39, 0.29) is 23.6 Å². The van der Waals surface area contributed by atoms with Crippen molar-refractivity contribution in [1.82, 2.24) is 19.9 Å². The number of fused-ring (bicyclic) bond motifs is 1. The Hall–Kier alpha value is -3.13. The summed E-state index contributed by atoms with van der Waals surface area (Å²) in [4.78, 5) is 38.9. The number of nitrogens with zero attached hydrogens (tertiary/aromatic N) is 2. The van der Waals surface area contributed by atoms with Crippen molar-refractivity contribution >= 4 is 29.9 Å². The fraction of sp³-hybridized carbons (Fsp3) is 0.0667. The van der Waals surface area contributed by atoms with Gasteiger partial charge in [0, 0.05) is 17.8 Å². The predicted molar refractivity (Wildman–Crippen MR) is 88.5 cm³/mol. The van der Waals surface area contributed by atoms with Gasteiger partial charge >= 0.3 is 5.97 Å². The van der Waals surface area contributed by atoms with E-state index >= 15 is 0 Å². The van der Waals surface area contributed by atoms with Crippen molar-refractivity contribution in [3.63, 3.8) is 0 Å². The van der Waals surface area contributed by atoms with Gasteiger partial charge in [0.25, 0.3) is 5.91 Å². The highest BCUT2D eigenvalue weighted by Gasteiger charge is 2.18. The van der Waals surface area contributed by atoms with E-state index in [9.17, 15) is 14.4 Å². The Balaban J connectivity index is 0.00000208. The van der Waals surface area contributed by atoms with Crippen LogP contribution in [0.5, 0.6) is 0 Å². The van der Waals surface area contributed by atoms with E-state index in [4.69, 9.17) is 5.11 Å². The largest absolute Gasteiger partial charge is 0.480 e. The number of H-pyrrole nitrogens is 1. The van der Waals surface area contributed by atoms with Gasteiger partial charge in [0.15, 0.2) is 16.9 Å². The Morgan fingerprint density at radius 1 is 1.21 bits per heavy atom. The molecule has 3 N–H and O–H groups in total. The molecule has 0 radical (unpaired) electrons. The van der Waals surface area contributed by atoms with Crippen LogP contribution in [0.15, 0.2) is 47.4 Å². The average molecular weight is 349 g/mol. The highest BCUT2D eigenvalue weighted by atomic mass is 35.5. The van der Waals surface area contributed by atoms with Crippen LogP contribution in [-0.2, 0) is 4.79 Å².